The predicted octanol–water partition coefficient (Wildman–Crippen LogP) is 14.6. The van der Waals surface area contributed by atoms with Crippen LogP contribution >= 0.6 is 0 Å². The van der Waals surface area contributed by atoms with Crippen molar-refractivity contribution in [3.8, 4) is 27.9 Å². The van der Waals surface area contributed by atoms with Gasteiger partial charge in [0, 0.05) is 44.0 Å². The van der Waals surface area contributed by atoms with Crippen LogP contribution in [-0.4, -0.2) is 4.57 Å². The predicted molar refractivity (Wildman–Crippen MR) is 231 cm³/mol. The van der Waals surface area contributed by atoms with Crippen molar-refractivity contribution in [2.24, 2.45) is 0 Å². The number of benzene rings is 9. The molecular weight excluding hydrogens is 669 g/mol. The number of aromatic nitrogens is 1. The summed E-state index contributed by atoms with van der Waals surface area (Å²) >= 11 is 0. The van der Waals surface area contributed by atoms with Crippen molar-refractivity contribution in [3.05, 3.63) is 206 Å². The first kappa shape index (κ1) is 31.2. The molecule has 2 aromatic heterocycles. The van der Waals surface area contributed by atoms with Crippen molar-refractivity contribution in [3.63, 3.8) is 0 Å². The van der Waals surface area contributed by atoms with Crippen molar-refractivity contribution in [1.82, 2.24) is 4.57 Å². The molecule has 0 bridgehead atoms. The van der Waals surface area contributed by atoms with Gasteiger partial charge in [-0.2, -0.15) is 0 Å². The fourth-order valence-corrected chi connectivity index (χ4v) is 8.50. The van der Waals surface area contributed by atoms with Gasteiger partial charge in [-0.3, -0.25) is 0 Å². The maximum absolute atomic E-state index is 6.97. The number of hydrogen-bond donors (Lipinski definition) is 0. The monoisotopic (exact) mass is 702 g/mol. The second-order valence-electron chi connectivity index (χ2n) is 14.1. The third-order valence-electron chi connectivity index (χ3n) is 11.0. The van der Waals surface area contributed by atoms with Crippen molar-refractivity contribution < 1.29 is 4.42 Å². The van der Waals surface area contributed by atoms with Crippen LogP contribution in [0.2, 0.25) is 0 Å². The largest absolute Gasteiger partial charge is 0.454 e. The minimum atomic E-state index is 0.854. The lowest BCUT2D eigenvalue weighted by atomic mass is 9.94. The third kappa shape index (κ3) is 5.05. The number of para-hydroxylation sites is 3. The topological polar surface area (TPSA) is 21.3 Å². The number of nitrogens with zero attached hydrogens (tertiary/aromatic N) is 2. The Hall–Kier alpha value is -7.36. The van der Waals surface area contributed by atoms with Crippen LogP contribution in [0.1, 0.15) is 0 Å². The Kier molecular flexibility index (Phi) is 7.17. The summed E-state index contributed by atoms with van der Waals surface area (Å²) in [5, 5.41) is 7.03. The molecule has 11 rings (SSSR count). The van der Waals surface area contributed by atoms with E-state index in [-0.39, 0.29) is 0 Å². The van der Waals surface area contributed by atoms with Crippen LogP contribution in [-0.2, 0) is 0 Å². The maximum Gasteiger partial charge on any atom is 0.159 e. The minimum Gasteiger partial charge on any atom is -0.454 e. The van der Waals surface area contributed by atoms with Crippen LogP contribution in [0, 0.1) is 0 Å². The van der Waals surface area contributed by atoms with Crippen LogP contribution in [0.3, 0.4) is 0 Å². The van der Waals surface area contributed by atoms with E-state index in [1.54, 1.807) is 0 Å². The molecular formula is C52H34N2O. The van der Waals surface area contributed by atoms with E-state index in [0.717, 1.165) is 50.2 Å². The standard InChI is InChI=1S/C52H34N2O/c1-4-14-35(15-5-1)36-26-29-40(30-27-36)53(41-31-32-47-45(34-41)43-21-10-11-24-46(43)54(47)39-19-8-3-9-20-39)48-25-13-23-44-51-49(55-52(44)48)33-28-38-18-12-22-42(50(38)51)37-16-6-2-7-17-37/h1-34H. The Morgan fingerprint density at radius 3 is 1.84 bits per heavy atom. The number of hydrogen-bond acceptors (Lipinski definition) is 2. The normalized spacial score (nSPS) is 11.6. The molecule has 0 unspecified atom stereocenters. The quantitative estimate of drug-likeness (QED) is 0.172. The Morgan fingerprint density at radius 1 is 0.400 bits per heavy atom. The second-order valence-corrected chi connectivity index (χ2v) is 14.1. The molecule has 0 aliphatic carbocycles. The molecule has 3 nitrogen and oxygen atoms in total. The molecule has 258 valence electrons. The van der Waals surface area contributed by atoms with E-state index in [0.29, 0.717) is 0 Å². The van der Waals surface area contributed by atoms with Crippen molar-refractivity contribution in [2.75, 3.05) is 4.90 Å². The van der Waals surface area contributed by atoms with E-state index in [2.05, 4.69) is 216 Å². The summed E-state index contributed by atoms with van der Waals surface area (Å²) in [6.07, 6.45) is 0. The number of furan rings is 1. The van der Waals surface area contributed by atoms with Gasteiger partial charge in [-0.1, -0.05) is 146 Å². The van der Waals surface area contributed by atoms with Gasteiger partial charge >= 0.3 is 0 Å². The zero-order chi connectivity index (χ0) is 36.3. The molecule has 0 saturated carbocycles. The second kappa shape index (κ2) is 12.6. The summed E-state index contributed by atoms with van der Waals surface area (Å²) in [4.78, 5) is 2.36. The smallest absolute Gasteiger partial charge is 0.159 e. The van der Waals surface area contributed by atoms with Gasteiger partial charge in [-0.25, -0.2) is 0 Å². The summed E-state index contributed by atoms with van der Waals surface area (Å²) in [5.41, 5.74) is 13.1. The molecule has 0 atom stereocenters. The highest BCUT2D eigenvalue weighted by atomic mass is 16.3. The molecule has 0 amide bonds. The van der Waals surface area contributed by atoms with Crippen LogP contribution in [0.4, 0.5) is 17.1 Å². The number of fused-ring (bicyclic) bond motifs is 8. The summed E-state index contributed by atoms with van der Waals surface area (Å²) in [6, 6.07) is 73.7. The van der Waals surface area contributed by atoms with E-state index in [1.165, 1.54) is 49.3 Å². The molecule has 0 fully saturated rings. The number of anilines is 3. The van der Waals surface area contributed by atoms with Gasteiger partial charge in [-0.05, 0) is 88.3 Å². The highest BCUT2D eigenvalue weighted by molar-refractivity contribution is 6.24. The average Bonchev–Trinajstić information content (AvgIpc) is 3.81. The summed E-state index contributed by atoms with van der Waals surface area (Å²) in [7, 11) is 0. The zero-order valence-electron chi connectivity index (χ0n) is 29.9. The fourth-order valence-electron chi connectivity index (χ4n) is 8.50. The van der Waals surface area contributed by atoms with Gasteiger partial charge in [0.1, 0.15) is 5.58 Å². The van der Waals surface area contributed by atoms with Crippen molar-refractivity contribution in [1.29, 1.82) is 0 Å². The first-order chi connectivity index (χ1) is 27.3. The van der Waals surface area contributed by atoms with Gasteiger partial charge in [-0.15, -0.1) is 0 Å². The van der Waals surface area contributed by atoms with Crippen LogP contribution < -0.4 is 4.90 Å². The molecule has 3 heteroatoms. The van der Waals surface area contributed by atoms with Gasteiger partial charge in [0.2, 0.25) is 0 Å². The molecule has 0 N–H and O–H groups in total. The van der Waals surface area contributed by atoms with E-state index in [4.69, 9.17) is 4.42 Å². The molecule has 9 aromatic carbocycles. The van der Waals surface area contributed by atoms with Gasteiger partial charge < -0.3 is 13.9 Å². The zero-order valence-corrected chi connectivity index (χ0v) is 29.9. The first-order valence-electron chi connectivity index (χ1n) is 18.8. The molecule has 0 aliphatic rings. The lowest BCUT2D eigenvalue weighted by molar-refractivity contribution is 0.669. The van der Waals surface area contributed by atoms with E-state index in [9.17, 15) is 0 Å². The van der Waals surface area contributed by atoms with Gasteiger partial charge in [0.15, 0.2) is 5.58 Å². The van der Waals surface area contributed by atoms with E-state index < -0.39 is 0 Å². The van der Waals surface area contributed by atoms with Gasteiger partial charge in [0.25, 0.3) is 0 Å². The summed E-state index contributed by atoms with van der Waals surface area (Å²) < 4.78 is 9.34. The summed E-state index contributed by atoms with van der Waals surface area (Å²) in [5.74, 6) is 0. The Morgan fingerprint density at radius 2 is 1.04 bits per heavy atom. The summed E-state index contributed by atoms with van der Waals surface area (Å²) in [6.45, 7) is 0. The number of rotatable bonds is 6. The molecule has 0 radical (unpaired) electrons. The van der Waals surface area contributed by atoms with Crippen LogP contribution in [0.15, 0.2) is 211 Å². The first-order valence-corrected chi connectivity index (χ1v) is 18.8. The Labute approximate surface area is 318 Å². The maximum atomic E-state index is 6.97. The van der Waals surface area contributed by atoms with Crippen LogP contribution in [0.25, 0.3) is 82.5 Å². The molecule has 0 spiro atoms. The molecule has 2 heterocycles. The molecule has 0 aliphatic heterocycles. The Bertz CT molecular complexity index is 3180. The third-order valence-corrected chi connectivity index (χ3v) is 11.0. The molecule has 55 heavy (non-hydrogen) atoms. The minimum absolute atomic E-state index is 0.854. The SMILES string of the molecule is c1ccc(-c2ccc(N(c3ccc4c(c3)c3ccccc3n4-c3ccccc3)c3cccc4c3oc3ccc5cccc(-c6ccccc6)c5c34)cc2)cc1. The highest BCUT2D eigenvalue weighted by Gasteiger charge is 2.23. The lowest BCUT2D eigenvalue weighted by Crippen LogP contribution is -2.10. The lowest BCUT2D eigenvalue weighted by Gasteiger charge is -2.26. The van der Waals surface area contributed by atoms with E-state index >= 15 is 0 Å². The fraction of sp³-hybridized carbons (Fsp3) is 0. The molecule has 0 saturated heterocycles. The molecule has 11 aromatic rings. The van der Waals surface area contributed by atoms with Crippen LogP contribution in [0.5, 0.6) is 0 Å². The Balaban J connectivity index is 1.17. The van der Waals surface area contributed by atoms with E-state index in [1.807, 2.05) is 0 Å². The van der Waals surface area contributed by atoms with Crippen molar-refractivity contribution in [2.45, 2.75) is 0 Å². The van der Waals surface area contributed by atoms with Crippen molar-refractivity contribution >= 4 is 71.6 Å². The highest BCUT2D eigenvalue weighted by Crippen LogP contribution is 2.46. The average molecular weight is 703 g/mol. The van der Waals surface area contributed by atoms with Gasteiger partial charge in [0.05, 0.1) is 16.7 Å².